The molecule has 0 aliphatic rings. The van der Waals surface area contributed by atoms with Crippen LogP contribution in [0.25, 0.3) is 11.3 Å². The number of imidazole rings is 1. The monoisotopic (exact) mass is 290 g/mol. The summed E-state index contributed by atoms with van der Waals surface area (Å²) in [5.41, 5.74) is -0.944. The van der Waals surface area contributed by atoms with Gasteiger partial charge in [-0.3, -0.25) is 0 Å². The molecule has 0 spiro atoms. The molecule has 0 saturated heterocycles. The van der Waals surface area contributed by atoms with E-state index in [1.54, 1.807) is 0 Å². The number of nitrogens with zero attached hydrogens (tertiary/aromatic N) is 1. The van der Waals surface area contributed by atoms with Crippen molar-refractivity contribution in [2.75, 3.05) is 0 Å². The molecule has 1 heterocycles. The van der Waals surface area contributed by atoms with Crippen LogP contribution in [0.5, 0.6) is 0 Å². The third-order valence-corrected chi connectivity index (χ3v) is 2.77. The Kier molecular flexibility index (Phi) is 3.23. The normalized spacial score (nSPS) is 11.6. The van der Waals surface area contributed by atoms with Crippen molar-refractivity contribution in [1.82, 2.24) is 9.97 Å². The van der Waals surface area contributed by atoms with Gasteiger partial charge in [0.2, 0.25) is 5.82 Å². The molecule has 8 heteroatoms. The first-order chi connectivity index (χ1) is 8.80. The molecule has 0 aliphatic heterocycles. The van der Waals surface area contributed by atoms with Crippen molar-refractivity contribution in [3.05, 3.63) is 40.8 Å². The van der Waals surface area contributed by atoms with E-state index in [4.69, 9.17) is 16.7 Å². The van der Waals surface area contributed by atoms with Crippen molar-refractivity contribution in [3.63, 3.8) is 0 Å². The minimum absolute atomic E-state index is 0.0141. The third-order valence-electron chi connectivity index (χ3n) is 2.36. The number of rotatable bonds is 2. The van der Waals surface area contributed by atoms with E-state index in [0.717, 1.165) is 6.07 Å². The fourth-order valence-corrected chi connectivity index (χ4v) is 1.85. The Morgan fingerprint density at radius 1 is 1.37 bits per heavy atom. The highest BCUT2D eigenvalue weighted by Gasteiger charge is 2.34. The van der Waals surface area contributed by atoms with Crippen molar-refractivity contribution in [1.29, 1.82) is 0 Å². The second-order valence-electron chi connectivity index (χ2n) is 3.60. The van der Waals surface area contributed by atoms with Gasteiger partial charge in [0.25, 0.3) is 0 Å². The fraction of sp³-hybridized carbons (Fsp3) is 0.0909. The van der Waals surface area contributed by atoms with Crippen LogP contribution in [0.15, 0.2) is 24.4 Å². The molecule has 0 bridgehead atoms. The lowest BCUT2D eigenvalue weighted by Crippen LogP contribution is -2.06. The maximum Gasteiger partial charge on any atom is 0.417 e. The van der Waals surface area contributed by atoms with E-state index >= 15 is 0 Å². The number of alkyl halides is 3. The Hall–Kier alpha value is -2.02. The standard InChI is InChI=1S/C11H6ClF3N2O2/c12-8-5(2-1-3-6(8)11(13,14)15)7-4-16-9(17-7)10(18)19/h1-4H,(H,16,17)(H,18,19). The van der Waals surface area contributed by atoms with Gasteiger partial charge in [0.1, 0.15) is 0 Å². The summed E-state index contributed by atoms with van der Waals surface area (Å²) in [5, 5.41) is 8.18. The van der Waals surface area contributed by atoms with Gasteiger partial charge in [0.05, 0.1) is 16.3 Å². The van der Waals surface area contributed by atoms with Crippen LogP contribution in [0.2, 0.25) is 5.02 Å². The van der Waals surface area contributed by atoms with Gasteiger partial charge in [-0.05, 0) is 6.07 Å². The molecule has 1 aromatic carbocycles. The summed E-state index contributed by atoms with van der Waals surface area (Å²) in [4.78, 5) is 16.6. The minimum atomic E-state index is -4.58. The Balaban J connectivity index is 2.54. The van der Waals surface area contributed by atoms with E-state index in [1.807, 2.05) is 0 Å². The Morgan fingerprint density at radius 3 is 2.58 bits per heavy atom. The predicted octanol–water partition coefficient (Wildman–Crippen LogP) is 3.45. The number of aromatic nitrogens is 2. The van der Waals surface area contributed by atoms with Gasteiger partial charge in [-0.2, -0.15) is 13.2 Å². The van der Waals surface area contributed by atoms with E-state index in [-0.39, 0.29) is 17.1 Å². The molecule has 0 amide bonds. The van der Waals surface area contributed by atoms with Gasteiger partial charge in [0, 0.05) is 11.8 Å². The lowest BCUT2D eigenvalue weighted by atomic mass is 10.1. The first-order valence-corrected chi connectivity index (χ1v) is 5.33. The summed E-state index contributed by atoms with van der Waals surface area (Å²) in [6, 6.07) is 3.36. The van der Waals surface area contributed by atoms with Crippen molar-refractivity contribution in [2.45, 2.75) is 6.18 Å². The van der Waals surface area contributed by atoms with Crippen molar-refractivity contribution >= 4 is 17.6 Å². The Morgan fingerprint density at radius 2 is 2.05 bits per heavy atom. The van der Waals surface area contributed by atoms with Crippen molar-refractivity contribution in [3.8, 4) is 11.3 Å². The topological polar surface area (TPSA) is 66.0 Å². The molecular formula is C11H6ClF3N2O2. The Bertz CT molecular complexity index is 637. The number of aromatic amines is 1. The average Bonchev–Trinajstić information content (AvgIpc) is 2.77. The summed E-state index contributed by atoms with van der Waals surface area (Å²) in [7, 11) is 0. The summed E-state index contributed by atoms with van der Waals surface area (Å²) >= 11 is 5.70. The maximum atomic E-state index is 12.7. The van der Waals surface area contributed by atoms with Crippen molar-refractivity contribution in [2.24, 2.45) is 0 Å². The largest absolute Gasteiger partial charge is 0.475 e. The summed E-state index contributed by atoms with van der Waals surface area (Å²) in [5.74, 6) is -1.68. The molecular weight excluding hydrogens is 285 g/mol. The number of carboxylic acid groups (broad SMARTS) is 1. The van der Waals surface area contributed by atoms with Gasteiger partial charge in [-0.1, -0.05) is 23.7 Å². The second-order valence-corrected chi connectivity index (χ2v) is 3.98. The molecule has 0 radical (unpaired) electrons. The lowest BCUT2D eigenvalue weighted by Gasteiger charge is -2.10. The second kappa shape index (κ2) is 4.58. The van der Waals surface area contributed by atoms with E-state index in [2.05, 4.69) is 9.97 Å². The minimum Gasteiger partial charge on any atom is -0.475 e. The molecule has 0 fully saturated rings. The van der Waals surface area contributed by atoms with Gasteiger partial charge >= 0.3 is 12.1 Å². The number of carbonyl (C=O) groups is 1. The molecule has 2 N–H and O–H groups in total. The zero-order chi connectivity index (χ0) is 14.2. The summed E-state index contributed by atoms with van der Waals surface area (Å²) < 4.78 is 38.0. The van der Waals surface area contributed by atoms with Crippen LogP contribution in [0.3, 0.4) is 0 Å². The van der Waals surface area contributed by atoms with Gasteiger partial charge in [-0.15, -0.1) is 0 Å². The quantitative estimate of drug-likeness (QED) is 0.890. The van der Waals surface area contributed by atoms with E-state index in [9.17, 15) is 18.0 Å². The number of nitrogens with one attached hydrogen (secondary N) is 1. The Labute approximate surface area is 109 Å². The van der Waals surface area contributed by atoms with Crippen LogP contribution in [0, 0.1) is 0 Å². The van der Waals surface area contributed by atoms with E-state index < -0.39 is 22.7 Å². The van der Waals surface area contributed by atoms with Crippen LogP contribution < -0.4 is 0 Å². The predicted molar refractivity (Wildman–Crippen MR) is 61.0 cm³/mol. The number of aromatic carboxylic acids is 1. The molecule has 19 heavy (non-hydrogen) atoms. The SMILES string of the molecule is O=C(O)c1nc(-c2cccc(C(F)(F)F)c2Cl)c[nH]1. The van der Waals surface area contributed by atoms with Gasteiger partial charge in [0.15, 0.2) is 0 Å². The molecule has 0 saturated carbocycles. The summed E-state index contributed by atoms with van der Waals surface area (Å²) in [6.07, 6.45) is -3.40. The average molecular weight is 291 g/mol. The van der Waals surface area contributed by atoms with Crippen LogP contribution >= 0.6 is 11.6 Å². The molecule has 0 atom stereocenters. The van der Waals surface area contributed by atoms with E-state index in [1.165, 1.54) is 18.3 Å². The maximum absolute atomic E-state index is 12.7. The summed E-state index contributed by atoms with van der Waals surface area (Å²) in [6.45, 7) is 0. The number of H-pyrrole nitrogens is 1. The van der Waals surface area contributed by atoms with Gasteiger partial charge < -0.3 is 10.1 Å². The smallest absolute Gasteiger partial charge is 0.417 e. The highest BCUT2D eigenvalue weighted by molar-refractivity contribution is 6.34. The zero-order valence-corrected chi connectivity index (χ0v) is 9.88. The number of hydrogen-bond donors (Lipinski definition) is 2. The third kappa shape index (κ3) is 2.55. The highest BCUT2D eigenvalue weighted by atomic mass is 35.5. The molecule has 2 rings (SSSR count). The molecule has 2 aromatic rings. The van der Waals surface area contributed by atoms with E-state index in [0.29, 0.717) is 0 Å². The molecule has 0 unspecified atom stereocenters. The number of benzene rings is 1. The molecule has 1 aromatic heterocycles. The first-order valence-electron chi connectivity index (χ1n) is 4.95. The van der Waals surface area contributed by atoms with Crippen LogP contribution in [-0.4, -0.2) is 21.0 Å². The highest BCUT2D eigenvalue weighted by Crippen LogP contribution is 2.39. The van der Waals surface area contributed by atoms with Crippen LogP contribution in [-0.2, 0) is 6.18 Å². The fourth-order valence-electron chi connectivity index (χ4n) is 1.52. The number of halogens is 4. The molecule has 4 nitrogen and oxygen atoms in total. The molecule has 100 valence electrons. The first kappa shape index (κ1) is 13.4. The zero-order valence-electron chi connectivity index (χ0n) is 9.12. The number of carboxylic acids is 1. The van der Waals surface area contributed by atoms with Crippen LogP contribution in [0.1, 0.15) is 16.2 Å². The van der Waals surface area contributed by atoms with Crippen molar-refractivity contribution < 1.29 is 23.1 Å². The lowest BCUT2D eigenvalue weighted by molar-refractivity contribution is -0.137. The number of hydrogen-bond acceptors (Lipinski definition) is 2. The van der Waals surface area contributed by atoms with Gasteiger partial charge in [-0.25, -0.2) is 9.78 Å². The van der Waals surface area contributed by atoms with Crippen LogP contribution in [0.4, 0.5) is 13.2 Å². The molecule has 0 aliphatic carbocycles.